The largest absolute Gasteiger partial charge is 0.249 e. The highest BCUT2D eigenvalue weighted by Crippen LogP contribution is 2.26. The summed E-state index contributed by atoms with van der Waals surface area (Å²) in [7, 11) is 0. The molecule has 0 saturated heterocycles. The summed E-state index contributed by atoms with van der Waals surface area (Å²) in [6, 6.07) is 10.2. The van der Waals surface area contributed by atoms with E-state index in [-0.39, 0.29) is 0 Å². The molecule has 3 heteroatoms. The van der Waals surface area contributed by atoms with Crippen molar-refractivity contribution >= 4 is 0 Å². The third-order valence-electron chi connectivity index (χ3n) is 3.18. The molecule has 0 fully saturated rings. The molecule has 1 aromatic carbocycles. The second kappa shape index (κ2) is 3.74. The molecular weight excluding hydrogens is 198 g/mol. The second-order valence-corrected chi connectivity index (χ2v) is 4.43. The SMILES string of the molecule is CC1CCCn2nc(-c3ccccc3)nc21. The summed E-state index contributed by atoms with van der Waals surface area (Å²) in [5.41, 5.74) is 1.11. The van der Waals surface area contributed by atoms with Crippen molar-refractivity contribution in [3.63, 3.8) is 0 Å². The van der Waals surface area contributed by atoms with Crippen LogP contribution in [0.2, 0.25) is 0 Å². The van der Waals surface area contributed by atoms with Crippen molar-refractivity contribution in [3.05, 3.63) is 36.2 Å². The molecule has 0 bridgehead atoms. The van der Waals surface area contributed by atoms with Gasteiger partial charge in [-0.05, 0) is 12.8 Å². The smallest absolute Gasteiger partial charge is 0.181 e. The maximum Gasteiger partial charge on any atom is 0.181 e. The van der Waals surface area contributed by atoms with Crippen molar-refractivity contribution in [3.8, 4) is 11.4 Å². The van der Waals surface area contributed by atoms with Crippen LogP contribution in [0, 0.1) is 0 Å². The van der Waals surface area contributed by atoms with Gasteiger partial charge < -0.3 is 0 Å². The molecule has 1 aromatic heterocycles. The van der Waals surface area contributed by atoms with E-state index >= 15 is 0 Å². The third kappa shape index (κ3) is 1.52. The van der Waals surface area contributed by atoms with Crippen molar-refractivity contribution in [1.82, 2.24) is 14.8 Å². The first-order chi connectivity index (χ1) is 7.84. The van der Waals surface area contributed by atoms with Gasteiger partial charge in [0.1, 0.15) is 5.82 Å². The Morgan fingerprint density at radius 3 is 2.81 bits per heavy atom. The molecular formula is C13H15N3. The zero-order chi connectivity index (χ0) is 11.0. The molecule has 0 spiro atoms. The molecule has 0 saturated carbocycles. The van der Waals surface area contributed by atoms with Gasteiger partial charge in [-0.3, -0.25) is 0 Å². The Hall–Kier alpha value is -1.64. The number of nitrogens with zero attached hydrogens (tertiary/aromatic N) is 3. The van der Waals surface area contributed by atoms with Crippen molar-refractivity contribution < 1.29 is 0 Å². The molecule has 1 atom stereocenters. The summed E-state index contributed by atoms with van der Waals surface area (Å²) >= 11 is 0. The minimum absolute atomic E-state index is 0.540. The van der Waals surface area contributed by atoms with E-state index in [1.54, 1.807) is 0 Å². The fraction of sp³-hybridized carbons (Fsp3) is 0.385. The van der Waals surface area contributed by atoms with Crippen LogP contribution in [0.25, 0.3) is 11.4 Å². The minimum Gasteiger partial charge on any atom is -0.249 e. The Labute approximate surface area is 95.1 Å². The Morgan fingerprint density at radius 1 is 1.25 bits per heavy atom. The zero-order valence-corrected chi connectivity index (χ0v) is 9.43. The monoisotopic (exact) mass is 213 g/mol. The Kier molecular flexibility index (Phi) is 2.24. The van der Waals surface area contributed by atoms with E-state index in [9.17, 15) is 0 Å². The number of fused-ring (bicyclic) bond motifs is 1. The quantitative estimate of drug-likeness (QED) is 0.729. The second-order valence-electron chi connectivity index (χ2n) is 4.43. The lowest BCUT2D eigenvalue weighted by molar-refractivity contribution is 0.432. The van der Waals surface area contributed by atoms with Gasteiger partial charge in [-0.2, -0.15) is 5.10 Å². The van der Waals surface area contributed by atoms with Crippen LogP contribution in [0.5, 0.6) is 0 Å². The summed E-state index contributed by atoms with van der Waals surface area (Å²) < 4.78 is 2.07. The van der Waals surface area contributed by atoms with Crippen LogP contribution in [-0.2, 0) is 6.54 Å². The van der Waals surface area contributed by atoms with Crippen molar-refractivity contribution in [1.29, 1.82) is 0 Å². The van der Waals surface area contributed by atoms with Gasteiger partial charge in [-0.25, -0.2) is 9.67 Å². The molecule has 0 N–H and O–H groups in total. The Balaban J connectivity index is 2.05. The molecule has 3 rings (SSSR count). The molecule has 82 valence electrons. The van der Waals surface area contributed by atoms with Crippen LogP contribution in [0.15, 0.2) is 30.3 Å². The van der Waals surface area contributed by atoms with E-state index < -0.39 is 0 Å². The van der Waals surface area contributed by atoms with Crippen LogP contribution in [0.1, 0.15) is 31.5 Å². The van der Waals surface area contributed by atoms with E-state index in [4.69, 9.17) is 0 Å². The van der Waals surface area contributed by atoms with Gasteiger partial charge in [0, 0.05) is 18.0 Å². The van der Waals surface area contributed by atoms with E-state index in [0.29, 0.717) is 5.92 Å². The first kappa shape index (κ1) is 9.58. The number of aryl methyl sites for hydroxylation is 1. The number of aromatic nitrogens is 3. The average Bonchev–Trinajstić information content (AvgIpc) is 2.76. The zero-order valence-electron chi connectivity index (χ0n) is 9.43. The summed E-state index contributed by atoms with van der Waals surface area (Å²) in [5, 5.41) is 4.58. The van der Waals surface area contributed by atoms with Crippen molar-refractivity contribution in [2.24, 2.45) is 0 Å². The number of benzene rings is 1. The predicted molar refractivity (Wildman–Crippen MR) is 63.1 cm³/mol. The lowest BCUT2D eigenvalue weighted by atomic mass is 10.0. The molecule has 2 heterocycles. The fourth-order valence-electron chi connectivity index (χ4n) is 2.27. The van der Waals surface area contributed by atoms with Crippen LogP contribution in [0.3, 0.4) is 0 Å². The first-order valence-corrected chi connectivity index (χ1v) is 5.85. The molecule has 16 heavy (non-hydrogen) atoms. The van der Waals surface area contributed by atoms with Crippen molar-refractivity contribution in [2.75, 3.05) is 0 Å². The summed E-state index contributed by atoms with van der Waals surface area (Å²) in [5.74, 6) is 2.55. The molecule has 1 aliphatic heterocycles. The number of hydrogen-bond acceptors (Lipinski definition) is 2. The lowest BCUT2D eigenvalue weighted by Gasteiger charge is -2.17. The molecule has 0 radical (unpaired) electrons. The molecule has 1 aliphatic rings. The highest BCUT2D eigenvalue weighted by atomic mass is 15.4. The van der Waals surface area contributed by atoms with Crippen LogP contribution in [-0.4, -0.2) is 14.8 Å². The van der Waals surface area contributed by atoms with Gasteiger partial charge in [0.25, 0.3) is 0 Å². The Bertz CT molecular complexity index is 487. The first-order valence-electron chi connectivity index (χ1n) is 5.85. The van der Waals surface area contributed by atoms with Gasteiger partial charge in [0.05, 0.1) is 0 Å². The number of hydrogen-bond donors (Lipinski definition) is 0. The van der Waals surface area contributed by atoms with Crippen LogP contribution in [0.4, 0.5) is 0 Å². The topological polar surface area (TPSA) is 30.7 Å². The van der Waals surface area contributed by atoms with Gasteiger partial charge in [-0.15, -0.1) is 0 Å². The van der Waals surface area contributed by atoms with E-state index in [1.165, 1.54) is 12.8 Å². The predicted octanol–water partition coefficient (Wildman–Crippen LogP) is 2.84. The summed E-state index contributed by atoms with van der Waals surface area (Å²) in [6.07, 6.45) is 2.44. The normalized spacial score (nSPS) is 19.4. The lowest BCUT2D eigenvalue weighted by Crippen LogP contribution is -2.14. The molecule has 1 unspecified atom stereocenters. The van der Waals surface area contributed by atoms with Gasteiger partial charge >= 0.3 is 0 Å². The van der Waals surface area contributed by atoms with Gasteiger partial charge in [0.2, 0.25) is 0 Å². The summed E-state index contributed by atoms with van der Waals surface area (Å²) in [6.45, 7) is 3.24. The fourth-order valence-corrected chi connectivity index (χ4v) is 2.27. The standard InChI is InChI=1S/C13H15N3/c1-10-6-5-9-16-13(10)14-12(15-16)11-7-3-2-4-8-11/h2-4,7-8,10H,5-6,9H2,1H3. The van der Waals surface area contributed by atoms with E-state index in [2.05, 4.69) is 33.8 Å². The molecule has 0 amide bonds. The van der Waals surface area contributed by atoms with Crippen LogP contribution < -0.4 is 0 Å². The maximum atomic E-state index is 4.65. The number of rotatable bonds is 1. The third-order valence-corrected chi connectivity index (χ3v) is 3.18. The minimum atomic E-state index is 0.540. The highest BCUT2D eigenvalue weighted by molar-refractivity contribution is 5.54. The summed E-state index contributed by atoms with van der Waals surface area (Å²) in [4.78, 5) is 4.65. The van der Waals surface area contributed by atoms with E-state index in [0.717, 1.165) is 23.8 Å². The maximum absolute atomic E-state index is 4.65. The van der Waals surface area contributed by atoms with Crippen LogP contribution >= 0.6 is 0 Å². The highest BCUT2D eigenvalue weighted by Gasteiger charge is 2.20. The van der Waals surface area contributed by atoms with Gasteiger partial charge in [0.15, 0.2) is 5.82 Å². The molecule has 2 aromatic rings. The molecule has 0 aliphatic carbocycles. The van der Waals surface area contributed by atoms with Crippen molar-refractivity contribution in [2.45, 2.75) is 32.2 Å². The average molecular weight is 213 g/mol. The molecule has 3 nitrogen and oxygen atoms in total. The van der Waals surface area contributed by atoms with E-state index in [1.807, 2.05) is 18.2 Å². The van der Waals surface area contributed by atoms with Gasteiger partial charge in [-0.1, -0.05) is 37.3 Å². The Morgan fingerprint density at radius 2 is 2.06 bits per heavy atom.